The van der Waals surface area contributed by atoms with E-state index in [1.807, 2.05) is 0 Å². The third-order valence-corrected chi connectivity index (χ3v) is 4.18. The highest BCUT2D eigenvalue weighted by Gasteiger charge is 2.51. The number of amides is 1. The van der Waals surface area contributed by atoms with Gasteiger partial charge in [-0.1, -0.05) is 12.1 Å². The molecule has 0 bridgehead atoms. The van der Waals surface area contributed by atoms with Gasteiger partial charge in [0.15, 0.2) is 11.4 Å². The molecule has 1 aliphatic rings. The first-order valence-corrected chi connectivity index (χ1v) is 8.13. The minimum Gasteiger partial charge on any atom is -0.423 e. The van der Waals surface area contributed by atoms with E-state index in [0.29, 0.717) is 16.9 Å². The Labute approximate surface area is 152 Å². The number of aliphatic hydroxyl groups is 1. The smallest absolute Gasteiger partial charge is 0.423 e. The molecule has 0 saturated carbocycles. The monoisotopic (exact) mass is 372 g/mol. The minimum atomic E-state index is -4.06. The molecule has 0 aliphatic carbocycles. The van der Waals surface area contributed by atoms with Gasteiger partial charge in [-0.2, -0.15) is 8.78 Å². The van der Waals surface area contributed by atoms with Gasteiger partial charge in [0.2, 0.25) is 0 Å². The van der Waals surface area contributed by atoms with E-state index in [0.717, 1.165) is 4.90 Å². The van der Waals surface area contributed by atoms with Crippen LogP contribution in [0.1, 0.15) is 24.3 Å². The fourth-order valence-corrected chi connectivity index (χ4v) is 2.91. The fraction of sp³-hybridized carbons (Fsp3) is 0.222. The molecule has 1 N–H and O–H groups in total. The zero-order valence-corrected chi connectivity index (χ0v) is 14.1. The van der Waals surface area contributed by atoms with Gasteiger partial charge in [-0.15, -0.1) is 0 Å². The van der Waals surface area contributed by atoms with Gasteiger partial charge in [-0.25, -0.2) is 9.97 Å². The molecule has 1 aromatic carbocycles. The van der Waals surface area contributed by atoms with Crippen LogP contribution in [0.15, 0.2) is 42.7 Å². The zero-order chi connectivity index (χ0) is 19.2. The van der Waals surface area contributed by atoms with E-state index in [9.17, 15) is 18.7 Å². The Balaban J connectivity index is 1.79. The standard InChI is InChI=1S/C18H14F2N4O3/c1-10(25)12-4-2-6-14-15(12)27-18(19,20)17(26)24(14)9-11-8-22-13-5-3-7-21-16(13)23-11/h2-8,10,25H,9H2,1H3. The minimum absolute atomic E-state index is 0.132. The van der Waals surface area contributed by atoms with Crippen LogP contribution in [0.5, 0.6) is 5.75 Å². The molecule has 0 spiro atoms. The number of halogens is 2. The van der Waals surface area contributed by atoms with Crippen LogP contribution in [-0.4, -0.2) is 32.1 Å². The Morgan fingerprint density at radius 2 is 2.07 bits per heavy atom. The highest BCUT2D eigenvalue weighted by atomic mass is 19.3. The van der Waals surface area contributed by atoms with E-state index in [2.05, 4.69) is 19.7 Å². The second-order valence-corrected chi connectivity index (χ2v) is 6.09. The van der Waals surface area contributed by atoms with Crippen molar-refractivity contribution in [2.24, 2.45) is 0 Å². The number of hydrogen-bond acceptors (Lipinski definition) is 6. The molecule has 0 radical (unpaired) electrons. The number of rotatable bonds is 3. The normalized spacial score (nSPS) is 16.7. The average molecular weight is 372 g/mol. The quantitative estimate of drug-likeness (QED) is 0.760. The Morgan fingerprint density at radius 1 is 1.26 bits per heavy atom. The number of carbonyl (C=O) groups excluding carboxylic acids is 1. The van der Waals surface area contributed by atoms with E-state index in [-0.39, 0.29) is 23.5 Å². The summed E-state index contributed by atoms with van der Waals surface area (Å²) in [5, 5.41) is 9.85. The Morgan fingerprint density at radius 3 is 2.85 bits per heavy atom. The predicted octanol–water partition coefficient (Wildman–Crippen LogP) is 2.60. The maximum absolute atomic E-state index is 14.2. The van der Waals surface area contributed by atoms with Crippen molar-refractivity contribution in [2.75, 3.05) is 4.90 Å². The van der Waals surface area contributed by atoms with Crippen LogP contribution in [-0.2, 0) is 11.3 Å². The number of aromatic nitrogens is 3. The molecule has 0 saturated heterocycles. The number of anilines is 1. The van der Waals surface area contributed by atoms with Crippen LogP contribution in [0.25, 0.3) is 11.2 Å². The molecule has 3 aromatic rings. The van der Waals surface area contributed by atoms with Crippen LogP contribution in [0.4, 0.5) is 14.5 Å². The maximum atomic E-state index is 14.2. The van der Waals surface area contributed by atoms with Crippen LogP contribution in [0, 0.1) is 0 Å². The van der Waals surface area contributed by atoms with Crippen molar-refractivity contribution in [3.8, 4) is 5.75 Å². The molecule has 7 nitrogen and oxygen atoms in total. The number of pyridine rings is 1. The van der Waals surface area contributed by atoms with Gasteiger partial charge in [0.25, 0.3) is 0 Å². The van der Waals surface area contributed by atoms with Crippen LogP contribution in [0.2, 0.25) is 0 Å². The van der Waals surface area contributed by atoms with Gasteiger partial charge in [0, 0.05) is 11.8 Å². The fourth-order valence-electron chi connectivity index (χ4n) is 2.91. The summed E-state index contributed by atoms with van der Waals surface area (Å²) in [6.45, 7) is 1.19. The number of nitrogens with zero attached hydrogens (tertiary/aromatic N) is 4. The Kier molecular flexibility index (Phi) is 3.96. The third kappa shape index (κ3) is 2.95. The van der Waals surface area contributed by atoms with Gasteiger partial charge in [0.05, 0.1) is 30.2 Å². The number of aliphatic hydroxyl groups excluding tert-OH is 1. The molecule has 1 aliphatic heterocycles. The van der Waals surface area contributed by atoms with Crippen molar-refractivity contribution in [1.29, 1.82) is 0 Å². The SMILES string of the molecule is CC(O)c1cccc2c1OC(F)(F)C(=O)N2Cc1cnc2cccnc2n1. The highest BCUT2D eigenvalue weighted by Crippen LogP contribution is 2.44. The van der Waals surface area contributed by atoms with Crippen molar-refractivity contribution in [3.63, 3.8) is 0 Å². The van der Waals surface area contributed by atoms with E-state index >= 15 is 0 Å². The van der Waals surface area contributed by atoms with Crippen molar-refractivity contribution in [1.82, 2.24) is 15.0 Å². The summed E-state index contributed by atoms with van der Waals surface area (Å²) in [5.41, 5.74) is 1.49. The number of hydrogen-bond donors (Lipinski definition) is 1. The summed E-state index contributed by atoms with van der Waals surface area (Å²) in [7, 11) is 0. The number of carbonyl (C=O) groups is 1. The summed E-state index contributed by atoms with van der Waals surface area (Å²) in [4.78, 5) is 25.7. The lowest BCUT2D eigenvalue weighted by molar-refractivity contribution is -0.193. The van der Waals surface area contributed by atoms with Gasteiger partial charge >= 0.3 is 12.0 Å². The van der Waals surface area contributed by atoms with Crippen LogP contribution >= 0.6 is 0 Å². The Bertz CT molecular complexity index is 1040. The second-order valence-electron chi connectivity index (χ2n) is 6.09. The van der Waals surface area contributed by atoms with Crippen molar-refractivity contribution in [2.45, 2.75) is 25.7 Å². The molecule has 1 amide bonds. The molecular weight excluding hydrogens is 358 g/mol. The molecule has 3 heterocycles. The van der Waals surface area contributed by atoms with E-state index in [4.69, 9.17) is 0 Å². The van der Waals surface area contributed by atoms with Gasteiger partial charge in [0.1, 0.15) is 5.52 Å². The Hall–Kier alpha value is -3.20. The summed E-state index contributed by atoms with van der Waals surface area (Å²) < 4.78 is 33.0. The lowest BCUT2D eigenvalue weighted by Gasteiger charge is -2.34. The summed E-state index contributed by atoms with van der Waals surface area (Å²) in [6, 6.07) is 7.92. The number of benzene rings is 1. The third-order valence-electron chi connectivity index (χ3n) is 4.18. The molecule has 138 valence electrons. The van der Waals surface area contributed by atoms with Crippen molar-refractivity contribution >= 4 is 22.8 Å². The number of alkyl halides is 2. The lowest BCUT2D eigenvalue weighted by Crippen LogP contribution is -2.50. The second kappa shape index (κ2) is 6.20. The van der Waals surface area contributed by atoms with Crippen molar-refractivity contribution in [3.05, 3.63) is 54.0 Å². The molecule has 0 fully saturated rings. The molecule has 2 aromatic heterocycles. The summed E-state index contributed by atoms with van der Waals surface area (Å²) >= 11 is 0. The largest absolute Gasteiger partial charge is 0.483 e. The van der Waals surface area contributed by atoms with Crippen molar-refractivity contribution < 1.29 is 23.4 Å². The van der Waals surface area contributed by atoms with Gasteiger partial charge < -0.3 is 9.84 Å². The molecule has 1 unspecified atom stereocenters. The topological polar surface area (TPSA) is 88.4 Å². The molecule has 4 rings (SSSR count). The average Bonchev–Trinajstić information content (AvgIpc) is 2.64. The highest BCUT2D eigenvalue weighted by molar-refractivity contribution is 6.01. The molecular formula is C18H14F2N4O3. The first-order valence-electron chi connectivity index (χ1n) is 8.13. The van der Waals surface area contributed by atoms with Crippen LogP contribution < -0.4 is 9.64 Å². The van der Waals surface area contributed by atoms with Crippen LogP contribution in [0.3, 0.4) is 0 Å². The van der Waals surface area contributed by atoms with E-state index in [1.165, 1.54) is 25.3 Å². The number of ether oxygens (including phenoxy) is 1. The van der Waals surface area contributed by atoms with E-state index < -0.39 is 18.1 Å². The first-order chi connectivity index (χ1) is 12.9. The predicted molar refractivity (Wildman–Crippen MR) is 91.2 cm³/mol. The van der Waals surface area contributed by atoms with Gasteiger partial charge in [-0.3, -0.25) is 14.7 Å². The molecule has 27 heavy (non-hydrogen) atoms. The maximum Gasteiger partial charge on any atom is 0.483 e. The first kappa shape index (κ1) is 17.2. The zero-order valence-electron chi connectivity index (χ0n) is 14.1. The lowest BCUT2D eigenvalue weighted by atomic mass is 10.1. The number of fused-ring (bicyclic) bond motifs is 2. The van der Waals surface area contributed by atoms with E-state index in [1.54, 1.807) is 24.4 Å². The molecule has 9 heteroatoms. The van der Waals surface area contributed by atoms with Gasteiger partial charge in [-0.05, 0) is 25.1 Å². The summed E-state index contributed by atoms with van der Waals surface area (Å²) in [5.74, 6) is -1.75. The summed E-state index contributed by atoms with van der Waals surface area (Å²) in [6.07, 6.45) is -2.15. The molecule has 1 atom stereocenters. The number of para-hydroxylation sites is 1.